The van der Waals surface area contributed by atoms with Crippen LogP contribution in [0.4, 0.5) is 0 Å². The standard InChI is InChI=1S/C6H12O9S/c7-3-2(1-14-16(11,12)13)15-6(10)5(9)4(3)8/h2-10H,1H2,(H,11,12,13)/t2-,3+,4+,5-,6+/m0/s1. The minimum atomic E-state index is -4.71. The Labute approximate surface area is 90.8 Å². The van der Waals surface area contributed by atoms with Crippen molar-refractivity contribution in [1.29, 1.82) is 0 Å². The molecule has 96 valence electrons. The molecule has 0 aromatic carbocycles. The Balaban J connectivity index is 2.61. The topological polar surface area (TPSA) is 154 Å². The molecule has 9 nitrogen and oxygen atoms in total. The van der Waals surface area contributed by atoms with Crippen molar-refractivity contribution in [1.82, 2.24) is 0 Å². The van der Waals surface area contributed by atoms with Gasteiger partial charge in [-0.1, -0.05) is 0 Å². The lowest BCUT2D eigenvalue weighted by atomic mass is 10.00. The van der Waals surface area contributed by atoms with Gasteiger partial charge in [-0.05, 0) is 0 Å². The van der Waals surface area contributed by atoms with Gasteiger partial charge in [0.25, 0.3) is 0 Å². The molecule has 1 fully saturated rings. The van der Waals surface area contributed by atoms with E-state index in [0.29, 0.717) is 0 Å². The minimum Gasteiger partial charge on any atom is -0.387 e. The van der Waals surface area contributed by atoms with Crippen LogP contribution in [0.1, 0.15) is 0 Å². The van der Waals surface area contributed by atoms with E-state index >= 15 is 0 Å². The molecule has 5 N–H and O–H groups in total. The second-order valence-corrected chi connectivity index (χ2v) is 4.34. The number of hydrogen-bond donors (Lipinski definition) is 5. The lowest BCUT2D eigenvalue weighted by molar-refractivity contribution is -0.285. The van der Waals surface area contributed by atoms with Crippen LogP contribution in [0.5, 0.6) is 0 Å². The van der Waals surface area contributed by atoms with E-state index in [1.165, 1.54) is 0 Å². The first-order valence-corrected chi connectivity index (χ1v) is 5.58. The zero-order chi connectivity index (χ0) is 12.5. The largest absolute Gasteiger partial charge is 0.397 e. The molecule has 0 saturated carbocycles. The van der Waals surface area contributed by atoms with Crippen LogP contribution >= 0.6 is 0 Å². The first kappa shape index (κ1) is 13.7. The summed E-state index contributed by atoms with van der Waals surface area (Å²) in [5.41, 5.74) is 0. The predicted molar refractivity (Wildman–Crippen MR) is 46.4 cm³/mol. The SMILES string of the molecule is O=S(=O)(O)OC[C@@H]1O[C@@H](O)[C@@H](O)[C@H](O)[C@@H]1O. The van der Waals surface area contributed by atoms with Crippen molar-refractivity contribution in [3.05, 3.63) is 0 Å². The van der Waals surface area contributed by atoms with Crippen molar-refractivity contribution in [3.63, 3.8) is 0 Å². The molecule has 1 aliphatic rings. The number of hydrogen-bond acceptors (Lipinski definition) is 8. The molecule has 0 amide bonds. The fourth-order valence-corrected chi connectivity index (χ4v) is 1.53. The fraction of sp³-hybridized carbons (Fsp3) is 1.00. The minimum absolute atomic E-state index is 0.805. The molecule has 0 radical (unpaired) electrons. The van der Waals surface area contributed by atoms with Gasteiger partial charge in [0.1, 0.15) is 24.4 Å². The van der Waals surface area contributed by atoms with Crippen LogP contribution in [0.25, 0.3) is 0 Å². The van der Waals surface area contributed by atoms with E-state index in [-0.39, 0.29) is 0 Å². The molecule has 0 unspecified atom stereocenters. The third-order valence-corrected chi connectivity index (χ3v) is 2.50. The van der Waals surface area contributed by atoms with E-state index < -0.39 is 47.7 Å². The summed E-state index contributed by atoms with van der Waals surface area (Å²) < 4.78 is 37.2. The zero-order valence-electron chi connectivity index (χ0n) is 7.87. The Morgan fingerprint density at radius 3 is 2.12 bits per heavy atom. The summed E-state index contributed by atoms with van der Waals surface area (Å²) in [5, 5.41) is 36.7. The Hall–Kier alpha value is -0.330. The lowest BCUT2D eigenvalue weighted by Gasteiger charge is -2.37. The van der Waals surface area contributed by atoms with Gasteiger partial charge in [-0.2, -0.15) is 8.42 Å². The smallest absolute Gasteiger partial charge is 0.387 e. The lowest BCUT2D eigenvalue weighted by Crippen LogP contribution is -2.58. The molecule has 5 atom stereocenters. The molecule has 0 aliphatic carbocycles. The highest BCUT2D eigenvalue weighted by molar-refractivity contribution is 7.80. The molecule has 1 rings (SSSR count). The molecular weight excluding hydrogens is 248 g/mol. The highest BCUT2D eigenvalue weighted by Crippen LogP contribution is 2.20. The van der Waals surface area contributed by atoms with Crippen LogP contribution in [0.3, 0.4) is 0 Å². The summed E-state index contributed by atoms with van der Waals surface area (Å²) in [5.74, 6) is 0. The number of rotatable bonds is 3. The number of ether oxygens (including phenoxy) is 1. The Kier molecular flexibility index (Phi) is 4.20. The van der Waals surface area contributed by atoms with E-state index in [4.69, 9.17) is 14.8 Å². The van der Waals surface area contributed by atoms with Gasteiger partial charge in [-0.3, -0.25) is 4.55 Å². The van der Waals surface area contributed by atoms with Crippen LogP contribution < -0.4 is 0 Å². The van der Waals surface area contributed by atoms with Crippen molar-refractivity contribution >= 4 is 10.4 Å². The van der Waals surface area contributed by atoms with Crippen LogP contribution in [0.15, 0.2) is 0 Å². The molecule has 10 heteroatoms. The van der Waals surface area contributed by atoms with Gasteiger partial charge < -0.3 is 25.2 Å². The van der Waals surface area contributed by atoms with Gasteiger partial charge in [-0.25, -0.2) is 4.18 Å². The van der Waals surface area contributed by atoms with Crippen LogP contribution in [-0.2, 0) is 19.3 Å². The Morgan fingerprint density at radius 2 is 1.62 bits per heavy atom. The third kappa shape index (κ3) is 3.33. The molecule has 0 bridgehead atoms. The summed E-state index contributed by atoms with van der Waals surface area (Å²) in [6.45, 7) is -0.805. The molecule has 0 spiro atoms. The maximum Gasteiger partial charge on any atom is 0.397 e. The van der Waals surface area contributed by atoms with Gasteiger partial charge in [-0.15, -0.1) is 0 Å². The number of aliphatic hydroxyl groups excluding tert-OH is 4. The van der Waals surface area contributed by atoms with Crippen LogP contribution in [0, 0.1) is 0 Å². The Morgan fingerprint density at radius 1 is 1.06 bits per heavy atom. The summed E-state index contributed by atoms with van der Waals surface area (Å²) in [7, 11) is -4.71. The quantitative estimate of drug-likeness (QED) is 0.327. The molecule has 1 saturated heterocycles. The van der Waals surface area contributed by atoms with Gasteiger partial charge in [0, 0.05) is 0 Å². The summed E-state index contributed by atoms with van der Waals surface area (Å²) in [6.07, 6.45) is -8.25. The maximum atomic E-state index is 10.2. The van der Waals surface area contributed by atoms with Crippen molar-refractivity contribution in [2.45, 2.75) is 30.7 Å². The van der Waals surface area contributed by atoms with Crippen molar-refractivity contribution in [2.24, 2.45) is 0 Å². The summed E-state index contributed by atoms with van der Waals surface area (Å²) >= 11 is 0. The van der Waals surface area contributed by atoms with Crippen molar-refractivity contribution in [3.8, 4) is 0 Å². The van der Waals surface area contributed by atoms with Gasteiger partial charge in [0.15, 0.2) is 6.29 Å². The van der Waals surface area contributed by atoms with Gasteiger partial charge in [0.05, 0.1) is 6.61 Å². The average Bonchev–Trinajstić information content (AvgIpc) is 2.17. The fourth-order valence-electron chi connectivity index (χ4n) is 1.22. The van der Waals surface area contributed by atoms with Crippen LogP contribution in [0.2, 0.25) is 0 Å². The van der Waals surface area contributed by atoms with Crippen LogP contribution in [-0.4, -0.2) is 70.7 Å². The average molecular weight is 260 g/mol. The monoisotopic (exact) mass is 260 g/mol. The number of aliphatic hydroxyl groups is 4. The molecule has 1 heterocycles. The van der Waals surface area contributed by atoms with Crippen molar-refractivity contribution in [2.75, 3.05) is 6.61 Å². The molecule has 1 aliphatic heterocycles. The van der Waals surface area contributed by atoms with Gasteiger partial charge in [0.2, 0.25) is 0 Å². The normalized spacial score (nSPS) is 40.9. The molecule has 16 heavy (non-hydrogen) atoms. The third-order valence-electron chi connectivity index (χ3n) is 2.07. The van der Waals surface area contributed by atoms with Gasteiger partial charge >= 0.3 is 10.4 Å². The second kappa shape index (κ2) is 4.89. The molecule has 0 aromatic rings. The van der Waals surface area contributed by atoms with E-state index in [1.54, 1.807) is 0 Å². The van der Waals surface area contributed by atoms with Crippen molar-refractivity contribution < 1.29 is 42.3 Å². The predicted octanol–water partition coefficient (Wildman–Crippen LogP) is -3.39. The second-order valence-electron chi connectivity index (χ2n) is 3.25. The van der Waals surface area contributed by atoms with E-state index in [0.717, 1.165) is 0 Å². The van der Waals surface area contributed by atoms with E-state index in [9.17, 15) is 18.6 Å². The first-order valence-electron chi connectivity index (χ1n) is 4.22. The first-order chi connectivity index (χ1) is 7.22. The highest BCUT2D eigenvalue weighted by Gasteiger charge is 2.43. The summed E-state index contributed by atoms with van der Waals surface area (Å²) in [6, 6.07) is 0. The summed E-state index contributed by atoms with van der Waals surface area (Å²) in [4.78, 5) is 0. The maximum absolute atomic E-state index is 10.2. The Bertz CT molecular complexity index is 327. The molecular formula is C6H12O9S. The zero-order valence-corrected chi connectivity index (χ0v) is 8.69. The molecule has 0 aromatic heterocycles. The van der Waals surface area contributed by atoms with E-state index in [1.807, 2.05) is 0 Å². The van der Waals surface area contributed by atoms with E-state index in [2.05, 4.69) is 8.92 Å². The highest BCUT2D eigenvalue weighted by atomic mass is 32.3.